The summed E-state index contributed by atoms with van der Waals surface area (Å²) < 4.78 is 5.23. The van der Waals surface area contributed by atoms with Gasteiger partial charge in [0.2, 0.25) is 0 Å². The van der Waals surface area contributed by atoms with E-state index in [4.69, 9.17) is 14.9 Å². The van der Waals surface area contributed by atoms with Crippen LogP contribution >= 0.6 is 25.3 Å². The Hall–Kier alpha value is 0.580. The molecule has 0 saturated carbocycles. The summed E-state index contributed by atoms with van der Waals surface area (Å²) in [4.78, 5) is 0. The zero-order valence-corrected chi connectivity index (χ0v) is 7.71. The lowest BCUT2D eigenvalue weighted by Crippen LogP contribution is -2.26. The first-order valence-electron chi connectivity index (χ1n) is 3.44. The van der Waals surface area contributed by atoms with Crippen molar-refractivity contribution in [2.45, 2.75) is 22.7 Å². The van der Waals surface area contributed by atoms with Crippen molar-refractivity contribution in [3.05, 3.63) is 0 Å². The Morgan fingerprint density at radius 1 is 1.00 bits per heavy atom. The lowest BCUT2D eigenvalue weighted by molar-refractivity contribution is -0.00984. The van der Waals surface area contributed by atoms with E-state index in [1.807, 2.05) is 0 Å². The number of aliphatic hydroxyl groups is 2. The minimum Gasteiger partial charge on any atom is -0.394 e. The Labute approximate surface area is 76.6 Å². The van der Waals surface area contributed by atoms with Crippen LogP contribution in [0.4, 0.5) is 0 Å². The third kappa shape index (κ3) is 1.84. The van der Waals surface area contributed by atoms with Gasteiger partial charge >= 0.3 is 0 Å². The third-order valence-electron chi connectivity index (χ3n) is 1.82. The van der Waals surface area contributed by atoms with E-state index in [0.29, 0.717) is 0 Å². The van der Waals surface area contributed by atoms with Gasteiger partial charge in [-0.2, -0.15) is 25.3 Å². The molecular formula is C6H12O3S2. The van der Waals surface area contributed by atoms with E-state index in [0.717, 1.165) is 0 Å². The molecule has 1 aliphatic heterocycles. The molecule has 0 spiro atoms. The van der Waals surface area contributed by atoms with Gasteiger partial charge in [0.1, 0.15) is 0 Å². The number of ether oxygens (including phenoxy) is 1. The average Bonchev–Trinajstić information content (AvgIpc) is 2.30. The standard InChI is InChI=1S/C6H12O3S2/c7-1-3-5(10)6(11)4(2-8)9-3/h3-8,10-11H,1-2H2. The van der Waals surface area contributed by atoms with Crippen LogP contribution in [0.2, 0.25) is 0 Å². The van der Waals surface area contributed by atoms with E-state index in [9.17, 15) is 0 Å². The number of rotatable bonds is 2. The van der Waals surface area contributed by atoms with Gasteiger partial charge in [0.05, 0.1) is 25.4 Å². The number of aliphatic hydroxyl groups excluding tert-OH is 2. The molecule has 66 valence electrons. The fourth-order valence-electron chi connectivity index (χ4n) is 1.13. The molecule has 4 atom stereocenters. The van der Waals surface area contributed by atoms with Gasteiger partial charge in [0, 0.05) is 10.5 Å². The van der Waals surface area contributed by atoms with Crippen molar-refractivity contribution in [3.63, 3.8) is 0 Å². The first-order valence-corrected chi connectivity index (χ1v) is 4.47. The zero-order chi connectivity index (χ0) is 8.43. The Bertz CT molecular complexity index is 115. The summed E-state index contributed by atoms with van der Waals surface area (Å²) in [7, 11) is 0. The molecule has 11 heavy (non-hydrogen) atoms. The fraction of sp³-hybridized carbons (Fsp3) is 1.00. The number of hydrogen-bond acceptors (Lipinski definition) is 5. The largest absolute Gasteiger partial charge is 0.394 e. The molecule has 0 bridgehead atoms. The second-order valence-electron chi connectivity index (χ2n) is 2.56. The summed E-state index contributed by atoms with van der Waals surface area (Å²) in [5.74, 6) is 0. The summed E-state index contributed by atoms with van der Waals surface area (Å²) in [6, 6.07) is 0. The first kappa shape index (κ1) is 9.67. The highest BCUT2D eigenvalue weighted by atomic mass is 32.1. The molecule has 1 rings (SSSR count). The molecule has 2 N–H and O–H groups in total. The lowest BCUT2D eigenvalue weighted by Gasteiger charge is -2.11. The molecule has 1 aliphatic rings. The van der Waals surface area contributed by atoms with Crippen LogP contribution in [0, 0.1) is 0 Å². The summed E-state index contributed by atoms with van der Waals surface area (Å²) >= 11 is 8.41. The quantitative estimate of drug-likeness (QED) is 0.443. The molecule has 4 unspecified atom stereocenters. The molecule has 5 heteroatoms. The van der Waals surface area contributed by atoms with Gasteiger partial charge < -0.3 is 14.9 Å². The van der Waals surface area contributed by atoms with Crippen LogP contribution < -0.4 is 0 Å². The SMILES string of the molecule is OCC1OC(CO)C(S)C1S. The summed E-state index contributed by atoms with van der Waals surface area (Å²) in [6.45, 7) is -0.135. The predicted octanol–water partition coefficient (Wildman–Crippen LogP) is -0.665. The Morgan fingerprint density at radius 2 is 1.36 bits per heavy atom. The van der Waals surface area contributed by atoms with Gasteiger partial charge in [0.15, 0.2) is 0 Å². The molecule has 0 amide bonds. The van der Waals surface area contributed by atoms with Crippen LogP contribution in [0.3, 0.4) is 0 Å². The maximum Gasteiger partial charge on any atom is 0.0938 e. The second kappa shape index (κ2) is 4.00. The lowest BCUT2D eigenvalue weighted by atomic mass is 10.2. The highest BCUT2D eigenvalue weighted by Gasteiger charge is 2.39. The molecule has 0 aromatic carbocycles. The van der Waals surface area contributed by atoms with E-state index in [1.54, 1.807) is 0 Å². The van der Waals surface area contributed by atoms with Crippen LogP contribution in [0.25, 0.3) is 0 Å². The van der Waals surface area contributed by atoms with E-state index in [2.05, 4.69) is 25.3 Å². The minimum atomic E-state index is -0.294. The normalized spacial score (nSPS) is 44.7. The molecule has 0 aromatic rings. The summed E-state index contributed by atoms with van der Waals surface area (Å²) in [5, 5.41) is 17.4. The van der Waals surface area contributed by atoms with Gasteiger partial charge in [-0.25, -0.2) is 0 Å². The van der Waals surface area contributed by atoms with E-state index in [1.165, 1.54) is 0 Å². The predicted molar refractivity (Wildman–Crippen MR) is 48.4 cm³/mol. The van der Waals surface area contributed by atoms with Gasteiger partial charge in [-0.15, -0.1) is 0 Å². The summed E-state index contributed by atoms with van der Waals surface area (Å²) in [6.07, 6.45) is -0.587. The van der Waals surface area contributed by atoms with Gasteiger partial charge in [-0.05, 0) is 0 Å². The molecule has 1 saturated heterocycles. The minimum absolute atomic E-state index is 0.0677. The van der Waals surface area contributed by atoms with Crippen LogP contribution in [-0.4, -0.2) is 46.1 Å². The van der Waals surface area contributed by atoms with E-state index < -0.39 is 0 Å². The van der Waals surface area contributed by atoms with Crippen molar-refractivity contribution >= 4 is 25.3 Å². The van der Waals surface area contributed by atoms with Crippen molar-refractivity contribution in [2.75, 3.05) is 13.2 Å². The molecule has 0 aromatic heterocycles. The highest BCUT2D eigenvalue weighted by Crippen LogP contribution is 2.28. The monoisotopic (exact) mass is 196 g/mol. The van der Waals surface area contributed by atoms with Crippen LogP contribution in [-0.2, 0) is 4.74 Å². The van der Waals surface area contributed by atoms with E-state index in [-0.39, 0.29) is 35.9 Å². The average molecular weight is 196 g/mol. The van der Waals surface area contributed by atoms with Crippen molar-refractivity contribution in [1.29, 1.82) is 0 Å². The second-order valence-corrected chi connectivity index (χ2v) is 3.75. The van der Waals surface area contributed by atoms with Crippen molar-refractivity contribution < 1.29 is 14.9 Å². The summed E-state index contributed by atoms with van der Waals surface area (Å²) in [5.41, 5.74) is 0. The van der Waals surface area contributed by atoms with Crippen LogP contribution in [0.1, 0.15) is 0 Å². The molecule has 3 nitrogen and oxygen atoms in total. The maximum atomic E-state index is 8.78. The van der Waals surface area contributed by atoms with Crippen molar-refractivity contribution in [2.24, 2.45) is 0 Å². The molecular weight excluding hydrogens is 184 g/mol. The topological polar surface area (TPSA) is 49.7 Å². The maximum absolute atomic E-state index is 8.78. The van der Waals surface area contributed by atoms with Gasteiger partial charge in [0.25, 0.3) is 0 Å². The first-order chi connectivity index (χ1) is 5.20. The van der Waals surface area contributed by atoms with Gasteiger partial charge in [-0.3, -0.25) is 0 Å². The van der Waals surface area contributed by atoms with Crippen LogP contribution in [0.15, 0.2) is 0 Å². The molecule has 0 aliphatic carbocycles. The smallest absolute Gasteiger partial charge is 0.0938 e. The Morgan fingerprint density at radius 3 is 1.55 bits per heavy atom. The third-order valence-corrected chi connectivity index (χ3v) is 3.36. The Kier molecular flexibility index (Phi) is 3.52. The zero-order valence-electron chi connectivity index (χ0n) is 5.92. The van der Waals surface area contributed by atoms with E-state index >= 15 is 0 Å². The molecule has 0 radical (unpaired) electrons. The number of thiol groups is 2. The number of hydrogen-bond donors (Lipinski definition) is 4. The van der Waals surface area contributed by atoms with Crippen molar-refractivity contribution in [3.8, 4) is 0 Å². The molecule has 1 heterocycles. The van der Waals surface area contributed by atoms with Crippen LogP contribution in [0.5, 0.6) is 0 Å². The molecule has 1 fully saturated rings. The Balaban J connectivity index is 2.53. The highest BCUT2D eigenvalue weighted by molar-refractivity contribution is 7.85. The fourth-order valence-corrected chi connectivity index (χ4v) is 1.84. The van der Waals surface area contributed by atoms with Crippen molar-refractivity contribution in [1.82, 2.24) is 0 Å². The van der Waals surface area contributed by atoms with Gasteiger partial charge in [-0.1, -0.05) is 0 Å².